The summed E-state index contributed by atoms with van der Waals surface area (Å²) >= 11 is 0. The van der Waals surface area contributed by atoms with Crippen molar-refractivity contribution in [3.05, 3.63) is 29.8 Å². The minimum Gasteiger partial charge on any atom is -0.352 e. The van der Waals surface area contributed by atoms with E-state index in [4.69, 9.17) is 5.26 Å². The highest BCUT2D eigenvalue weighted by Crippen LogP contribution is 2.19. The van der Waals surface area contributed by atoms with Gasteiger partial charge in [0.1, 0.15) is 6.54 Å². The molecule has 0 spiro atoms. The molecule has 5 heteroatoms. The van der Waals surface area contributed by atoms with Gasteiger partial charge in [-0.3, -0.25) is 9.59 Å². The van der Waals surface area contributed by atoms with Gasteiger partial charge in [0.2, 0.25) is 11.8 Å². The van der Waals surface area contributed by atoms with Crippen LogP contribution < -0.4 is 10.2 Å². The lowest BCUT2D eigenvalue weighted by atomic mass is 10.2. The number of benzene rings is 1. The second kappa shape index (κ2) is 5.53. The van der Waals surface area contributed by atoms with Crippen molar-refractivity contribution < 1.29 is 9.59 Å². The van der Waals surface area contributed by atoms with Crippen LogP contribution in [0.2, 0.25) is 0 Å². The van der Waals surface area contributed by atoms with Crippen molar-refractivity contribution in [3.8, 4) is 6.07 Å². The number of carbonyl (C=O) groups is 2. The number of nitrogens with zero attached hydrogens (tertiary/aromatic N) is 2. The first-order valence-corrected chi connectivity index (χ1v) is 6.18. The number of nitrogens with one attached hydrogen (secondary N) is 1. The van der Waals surface area contributed by atoms with Crippen molar-refractivity contribution in [2.75, 3.05) is 11.4 Å². The average Bonchev–Trinajstić information content (AvgIpc) is 3.19. The molecular weight excluding hydrogens is 242 g/mol. The monoisotopic (exact) mass is 257 g/mol. The summed E-state index contributed by atoms with van der Waals surface area (Å²) in [6, 6.07) is 8.96. The molecule has 0 aromatic heterocycles. The highest BCUT2D eigenvalue weighted by molar-refractivity contribution is 5.97. The first-order valence-electron chi connectivity index (χ1n) is 6.18. The third-order valence-corrected chi connectivity index (χ3v) is 2.91. The Morgan fingerprint density at radius 2 is 2.21 bits per heavy atom. The van der Waals surface area contributed by atoms with Crippen molar-refractivity contribution >= 4 is 17.5 Å². The molecule has 0 saturated heterocycles. The molecule has 1 N–H and O–H groups in total. The zero-order valence-corrected chi connectivity index (χ0v) is 10.7. The predicted octanol–water partition coefficient (Wildman–Crippen LogP) is 1.19. The summed E-state index contributed by atoms with van der Waals surface area (Å²) in [5.74, 6) is -0.388. The van der Waals surface area contributed by atoms with Crippen LogP contribution in [-0.2, 0) is 9.59 Å². The van der Waals surface area contributed by atoms with Gasteiger partial charge in [-0.2, -0.15) is 5.26 Å². The van der Waals surface area contributed by atoms with Gasteiger partial charge in [-0.1, -0.05) is 6.07 Å². The molecular formula is C14H15N3O2. The van der Waals surface area contributed by atoms with Gasteiger partial charge in [0.15, 0.2) is 0 Å². The Hall–Kier alpha value is -2.35. The smallest absolute Gasteiger partial charge is 0.240 e. The molecule has 1 aromatic carbocycles. The molecule has 0 aliphatic heterocycles. The van der Waals surface area contributed by atoms with E-state index in [2.05, 4.69) is 5.32 Å². The molecule has 98 valence electrons. The van der Waals surface area contributed by atoms with Gasteiger partial charge in [0.25, 0.3) is 0 Å². The molecule has 0 radical (unpaired) electrons. The van der Waals surface area contributed by atoms with Crippen LogP contribution in [0.15, 0.2) is 24.3 Å². The summed E-state index contributed by atoms with van der Waals surface area (Å²) in [7, 11) is 0. The topological polar surface area (TPSA) is 73.2 Å². The second-order valence-corrected chi connectivity index (χ2v) is 4.61. The van der Waals surface area contributed by atoms with Crippen molar-refractivity contribution in [2.24, 2.45) is 0 Å². The number of hydrogen-bond donors (Lipinski definition) is 1. The predicted molar refractivity (Wildman–Crippen MR) is 70.3 cm³/mol. The summed E-state index contributed by atoms with van der Waals surface area (Å²) < 4.78 is 0. The lowest BCUT2D eigenvalue weighted by Gasteiger charge is -2.20. The van der Waals surface area contributed by atoms with Crippen LogP contribution in [0.25, 0.3) is 0 Å². The van der Waals surface area contributed by atoms with E-state index >= 15 is 0 Å². The zero-order chi connectivity index (χ0) is 13.8. The summed E-state index contributed by atoms with van der Waals surface area (Å²) in [4.78, 5) is 24.8. The molecule has 1 saturated carbocycles. The summed E-state index contributed by atoms with van der Waals surface area (Å²) in [6.45, 7) is 1.39. The van der Waals surface area contributed by atoms with E-state index in [1.165, 1.54) is 11.8 Å². The Balaban J connectivity index is 2.12. The first kappa shape index (κ1) is 13.1. The number of carbonyl (C=O) groups excluding carboxylic acids is 2. The van der Waals surface area contributed by atoms with Gasteiger partial charge in [-0.05, 0) is 31.0 Å². The fourth-order valence-corrected chi connectivity index (χ4v) is 1.77. The third-order valence-electron chi connectivity index (χ3n) is 2.91. The first-order chi connectivity index (χ1) is 9.10. The molecule has 2 rings (SSSR count). The van der Waals surface area contributed by atoms with Gasteiger partial charge in [-0.15, -0.1) is 0 Å². The molecule has 1 aliphatic carbocycles. The largest absolute Gasteiger partial charge is 0.352 e. The van der Waals surface area contributed by atoms with E-state index in [1.807, 2.05) is 6.07 Å². The lowest BCUT2D eigenvalue weighted by Crippen LogP contribution is -2.40. The van der Waals surface area contributed by atoms with E-state index < -0.39 is 0 Å². The highest BCUT2D eigenvalue weighted by atomic mass is 16.2. The van der Waals surface area contributed by atoms with Crippen LogP contribution >= 0.6 is 0 Å². The quantitative estimate of drug-likeness (QED) is 0.880. The fourth-order valence-electron chi connectivity index (χ4n) is 1.77. The van der Waals surface area contributed by atoms with Gasteiger partial charge >= 0.3 is 0 Å². The number of nitriles is 1. The normalized spacial score (nSPS) is 13.5. The molecule has 0 bridgehead atoms. The van der Waals surface area contributed by atoms with E-state index in [9.17, 15) is 9.59 Å². The van der Waals surface area contributed by atoms with Crippen LogP contribution in [0.3, 0.4) is 0 Å². The van der Waals surface area contributed by atoms with Crippen LogP contribution in [0.1, 0.15) is 25.3 Å². The Bertz CT molecular complexity index is 544. The van der Waals surface area contributed by atoms with Crippen LogP contribution in [0.4, 0.5) is 5.69 Å². The number of amides is 2. The zero-order valence-electron chi connectivity index (χ0n) is 10.7. The van der Waals surface area contributed by atoms with Gasteiger partial charge in [0.05, 0.1) is 11.6 Å². The molecule has 1 aliphatic rings. The third kappa shape index (κ3) is 3.55. The van der Waals surface area contributed by atoms with E-state index in [0.717, 1.165) is 12.8 Å². The Labute approximate surface area is 111 Å². The number of rotatable bonds is 4. The summed E-state index contributed by atoms with van der Waals surface area (Å²) in [5.41, 5.74) is 1.03. The van der Waals surface area contributed by atoms with Crippen LogP contribution in [0.5, 0.6) is 0 Å². The SMILES string of the molecule is CC(=O)N(CC(=O)NC1CC1)c1cccc(C#N)c1. The lowest BCUT2D eigenvalue weighted by molar-refractivity contribution is -0.123. The Kier molecular flexibility index (Phi) is 3.81. The number of hydrogen-bond acceptors (Lipinski definition) is 3. The standard InChI is InChI=1S/C14H15N3O2/c1-10(18)17(9-14(19)16-12-5-6-12)13-4-2-3-11(7-13)8-15/h2-4,7,12H,5-6,9H2,1H3,(H,16,19). The van der Waals surface area contributed by atoms with E-state index in [1.54, 1.807) is 24.3 Å². The molecule has 1 fully saturated rings. The second-order valence-electron chi connectivity index (χ2n) is 4.61. The minimum absolute atomic E-state index is 0.0132. The van der Waals surface area contributed by atoms with Gasteiger partial charge in [0, 0.05) is 18.7 Å². The molecule has 0 atom stereocenters. The maximum atomic E-state index is 11.8. The Morgan fingerprint density at radius 1 is 1.47 bits per heavy atom. The van der Waals surface area contributed by atoms with Gasteiger partial charge in [-0.25, -0.2) is 0 Å². The Morgan fingerprint density at radius 3 is 2.79 bits per heavy atom. The van der Waals surface area contributed by atoms with Crippen molar-refractivity contribution in [1.82, 2.24) is 5.32 Å². The van der Waals surface area contributed by atoms with E-state index in [0.29, 0.717) is 11.3 Å². The van der Waals surface area contributed by atoms with Crippen LogP contribution in [0, 0.1) is 11.3 Å². The molecule has 0 unspecified atom stereocenters. The van der Waals surface area contributed by atoms with Gasteiger partial charge < -0.3 is 10.2 Å². The summed E-state index contributed by atoms with van der Waals surface area (Å²) in [5, 5.41) is 11.7. The average molecular weight is 257 g/mol. The molecule has 1 aromatic rings. The molecule has 2 amide bonds. The van der Waals surface area contributed by atoms with Crippen molar-refractivity contribution in [2.45, 2.75) is 25.8 Å². The molecule has 19 heavy (non-hydrogen) atoms. The maximum Gasteiger partial charge on any atom is 0.240 e. The molecule has 5 nitrogen and oxygen atoms in total. The molecule has 0 heterocycles. The summed E-state index contributed by atoms with van der Waals surface area (Å²) in [6.07, 6.45) is 2.02. The minimum atomic E-state index is -0.221. The highest BCUT2D eigenvalue weighted by Gasteiger charge is 2.25. The van der Waals surface area contributed by atoms with Crippen molar-refractivity contribution in [1.29, 1.82) is 5.26 Å². The van der Waals surface area contributed by atoms with Crippen LogP contribution in [-0.4, -0.2) is 24.4 Å². The van der Waals surface area contributed by atoms with Crippen molar-refractivity contribution in [3.63, 3.8) is 0 Å². The fraction of sp³-hybridized carbons (Fsp3) is 0.357. The maximum absolute atomic E-state index is 11.8. The number of anilines is 1. The van der Waals surface area contributed by atoms with E-state index in [-0.39, 0.29) is 24.4 Å².